The van der Waals surface area contributed by atoms with E-state index in [0.29, 0.717) is 80.5 Å². The van der Waals surface area contributed by atoms with Crippen LogP contribution in [0.15, 0.2) is 53.3 Å². The van der Waals surface area contributed by atoms with E-state index in [9.17, 15) is 24.8 Å². The third-order valence-electron chi connectivity index (χ3n) is 16.8. The van der Waals surface area contributed by atoms with Gasteiger partial charge in [-0.05, 0) is 106 Å². The van der Waals surface area contributed by atoms with Crippen LogP contribution in [0.25, 0.3) is 33.1 Å². The summed E-state index contributed by atoms with van der Waals surface area (Å²) in [5, 5.41) is 28.6. The molecule has 0 bridgehead atoms. The van der Waals surface area contributed by atoms with E-state index in [1.54, 1.807) is 24.5 Å². The number of likely N-dealkylation sites (tertiary alicyclic amines) is 1. The van der Waals surface area contributed by atoms with Crippen LogP contribution in [0, 0.1) is 31.0 Å². The quantitative estimate of drug-likeness (QED) is 0.152. The number of ether oxygens (including phenoxy) is 2. The third-order valence-corrected chi connectivity index (χ3v) is 16.8. The number of aliphatic hydroxyl groups is 1. The van der Waals surface area contributed by atoms with Crippen LogP contribution >= 0.6 is 0 Å². The largest absolute Gasteiger partial charge is 0.462 e. The molecule has 6 aromatic rings. The number of fused-ring (bicyclic) bond motifs is 7. The monoisotopic (exact) mass is 986 g/mol. The number of esters is 1. The number of anilines is 2. The highest BCUT2D eigenvalue weighted by atomic mass is 19.1. The number of hydrogen-bond acceptors (Lipinski definition) is 14. The van der Waals surface area contributed by atoms with Crippen molar-refractivity contribution in [1.82, 2.24) is 34.6 Å². The Morgan fingerprint density at radius 3 is 2.59 bits per heavy atom. The zero-order valence-corrected chi connectivity index (χ0v) is 41.8. The summed E-state index contributed by atoms with van der Waals surface area (Å²) in [5.41, 5.74) is 6.75. The topological polar surface area (TPSA) is 182 Å². The van der Waals surface area contributed by atoms with Crippen molar-refractivity contribution in [2.75, 3.05) is 62.7 Å². The number of cyclic esters (lactones) is 1. The zero-order chi connectivity index (χ0) is 50.4. The van der Waals surface area contributed by atoms with E-state index in [2.05, 4.69) is 76.5 Å². The minimum atomic E-state index is -2.00. The number of nitrogens with one attached hydrogen (secondary N) is 1. The molecule has 0 spiro atoms. The smallest absolute Gasteiger partial charge is 0.343 e. The van der Waals surface area contributed by atoms with E-state index in [0.717, 1.165) is 65.1 Å². The predicted molar refractivity (Wildman–Crippen MR) is 273 cm³/mol. The van der Waals surface area contributed by atoms with Crippen LogP contribution in [-0.2, 0) is 52.5 Å². The maximum Gasteiger partial charge on any atom is 0.343 e. The number of rotatable bonds is 10. The van der Waals surface area contributed by atoms with Crippen LogP contribution in [0.1, 0.15) is 95.3 Å². The summed E-state index contributed by atoms with van der Waals surface area (Å²) >= 11 is 0. The van der Waals surface area contributed by atoms with Crippen LogP contribution in [0.5, 0.6) is 6.01 Å². The molecule has 16 nitrogen and oxygen atoms in total. The molecule has 2 fully saturated rings. The van der Waals surface area contributed by atoms with Crippen LogP contribution in [0.2, 0.25) is 0 Å². The first-order chi connectivity index (χ1) is 35.3. The Labute approximate surface area is 422 Å². The SMILES string of the molecule is CCC1(O)C(=O)OCc2c1cc1n(c2=O)Cc2c-1nc1cc(F)c(C)c3c1c2C(NCC(=O)N1CCN(c2nc(OCC4CCCN4C)nc4c2CCN(c2cccc5cccc(C)c25)C4)CC1CC#N)CC3. The fourth-order valence-corrected chi connectivity index (χ4v) is 12.8. The number of nitriles is 1. The van der Waals surface area contributed by atoms with Crippen molar-refractivity contribution in [1.29, 1.82) is 5.26 Å². The number of amides is 1. The summed E-state index contributed by atoms with van der Waals surface area (Å²) in [4.78, 5) is 65.6. The van der Waals surface area contributed by atoms with Crippen molar-refractivity contribution < 1.29 is 28.6 Å². The average molecular weight is 987 g/mol. The molecule has 1 amide bonds. The van der Waals surface area contributed by atoms with Crippen molar-refractivity contribution in [3.63, 3.8) is 0 Å². The van der Waals surface area contributed by atoms with Crippen LogP contribution in [0.3, 0.4) is 0 Å². The Morgan fingerprint density at radius 2 is 1.79 bits per heavy atom. The van der Waals surface area contributed by atoms with Gasteiger partial charge in [-0.15, -0.1) is 0 Å². The van der Waals surface area contributed by atoms with Gasteiger partial charge in [0.25, 0.3) is 5.56 Å². The number of aromatic nitrogens is 4. The highest BCUT2D eigenvalue weighted by molar-refractivity contribution is 5.97. The maximum absolute atomic E-state index is 15.6. The fourth-order valence-electron chi connectivity index (χ4n) is 12.8. The minimum Gasteiger partial charge on any atom is -0.462 e. The zero-order valence-electron chi connectivity index (χ0n) is 41.8. The molecule has 3 aromatic heterocycles. The summed E-state index contributed by atoms with van der Waals surface area (Å²) < 4.78 is 29.0. The maximum atomic E-state index is 15.6. The van der Waals surface area contributed by atoms with Gasteiger partial charge in [-0.25, -0.2) is 14.2 Å². The lowest BCUT2D eigenvalue weighted by Crippen LogP contribution is -2.57. The lowest BCUT2D eigenvalue weighted by atomic mass is 9.81. The Morgan fingerprint density at radius 1 is 0.959 bits per heavy atom. The number of benzene rings is 3. The molecule has 1 aliphatic carbocycles. The summed E-state index contributed by atoms with van der Waals surface area (Å²) in [6, 6.07) is 18.2. The summed E-state index contributed by atoms with van der Waals surface area (Å²) in [6.07, 6.45) is 4.12. The molecule has 0 saturated carbocycles. The van der Waals surface area contributed by atoms with Gasteiger partial charge in [0.15, 0.2) is 5.60 Å². The normalized spacial score (nSPS) is 22.2. The Hall–Kier alpha value is -7.00. The number of piperazine rings is 1. The molecule has 5 aliphatic heterocycles. The standard InChI is InChI=1S/C56H59FN10O6/c1-5-56(71)40-23-46-51-38(27-67(46)53(69)39(40)30-72-54(56)70)50-42(15-14-36-32(3)41(57)24-43(60-51)49(36)50)59-25-47(68)66-22-21-65(26-34(66)16-18-58)52-37-17-20-64(45-13-7-11-33-10-6-9-31(2)48(33)45)28-44(37)61-55(62-52)73-29-35-12-8-19-63(35)4/h6-7,9-11,13,23-24,34-35,42,59,71H,5,8,12,14-17,19-22,25-30H2,1-4H3. The Bertz CT molecular complexity index is 3400. The van der Waals surface area contributed by atoms with Gasteiger partial charge in [0.2, 0.25) is 5.91 Å². The van der Waals surface area contributed by atoms with Crippen LogP contribution in [0.4, 0.5) is 15.9 Å². The number of nitrogens with zero attached hydrogens (tertiary/aromatic N) is 9. The van der Waals surface area contributed by atoms with Gasteiger partial charge >= 0.3 is 12.0 Å². The van der Waals surface area contributed by atoms with Gasteiger partial charge in [0.05, 0.1) is 66.3 Å². The molecule has 8 heterocycles. The summed E-state index contributed by atoms with van der Waals surface area (Å²) in [7, 11) is 2.13. The lowest BCUT2D eigenvalue weighted by Gasteiger charge is -2.42. The van der Waals surface area contributed by atoms with Gasteiger partial charge in [0.1, 0.15) is 24.8 Å². The molecule has 376 valence electrons. The van der Waals surface area contributed by atoms with Gasteiger partial charge in [-0.2, -0.15) is 15.2 Å². The van der Waals surface area contributed by atoms with Crippen molar-refractivity contribution in [2.45, 2.75) is 109 Å². The molecule has 12 rings (SSSR count). The molecule has 2 N–H and O–H groups in total. The predicted octanol–water partition coefficient (Wildman–Crippen LogP) is 6.02. The molecule has 17 heteroatoms. The number of carbonyl (C=O) groups excluding carboxylic acids is 2. The van der Waals surface area contributed by atoms with Crippen molar-refractivity contribution in [2.24, 2.45) is 0 Å². The Balaban J connectivity index is 0.826. The highest BCUT2D eigenvalue weighted by Crippen LogP contribution is 2.46. The molecule has 0 radical (unpaired) electrons. The number of likely N-dealkylation sites (N-methyl/N-ethyl adjacent to an activating group) is 1. The lowest BCUT2D eigenvalue weighted by molar-refractivity contribution is -0.172. The first-order valence-corrected chi connectivity index (χ1v) is 25.8. The van der Waals surface area contributed by atoms with Crippen molar-refractivity contribution in [3.05, 3.63) is 115 Å². The fraction of sp³-hybridized carbons (Fsp3) is 0.446. The van der Waals surface area contributed by atoms with Crippen molar-refractivity contribution in [3.8, 4) is 23.5 Å². The van der Waals surface area contributed by atoms with Crippen LogP contribution < -0.4 is 25.4 Å². The number of carbonyl (C=O) groups is 2. The summed E-state index contributed by atoms with van der Waals surface area (Å²) in [5.74, 6) is -0.538. The Kier molecular flexibility index (Phi) is 11.7. The number of halogens is 1. The molecule has 3 aromatic carbocycles. The van der Waals surface area contributed by atoms with E-state index in [1.165, 1.54) is 28.1 Å². The number of hydrogen-bond donors (Lipinski definition) is 2. The molecular formula is C56H59FN10O6. The first-order valence-electron chi connectivity index (χ1n) is 25.8. The van der Waals surface area contributed by atoms with Gasteiger partial charge in [-0.1, -0.05) is 37.3 Å². The van der Waals surface area contributed by atoms with Crippen molar-refractivity contribution >= 4 is 45.1 Å². The molecular weight excluding hydrogens is 928 g/mol. The third kappa shape index (κ3) is 7.70. The van der Waals surface area contributed by atoms with Gasteiger partial charge < -0.3 is 44.1 Å². The van der Waals surface area contributed by atoms with E-state index in [-0.39, 0.29) is 73.0 Å². The molecule has 4 unspecified atom stereocenters. The molecule has 73 heavy (non-hydrogen) atoms. The first kappa shape index (κ1) is 47.0. The van der Waals surface area contributed by atoms with E-state index < -0.39 is 17.6 Å². The van der Waals surface area contributed by atoms with Gasteiger partial charge in [-0.3, -0.25) is 9.59 Å². The molecule has 6 aliphatic rings. The second-order valence-electron chi connectivity index (χ2n) is 20.8. The second-order valence-corrected chi connectivity index (χ2v) is 20.8. The van der Waals surface area contributed by atoms with Crippen LogP contribution in [-0.4, -0.2) is 111 Å². The second kappa shape index (κ2) is 18.2. The van der Waals surface area contributed by atoms with Gasteiger partial charge in [0, 0.05) is 77.5 Å². The van der Waals surface area contributed by atoms with E-state index in [1.807, 2.05) is 4.90 Å². The molecule has 4 atom stereocenters. The van der Waals surface area contributed by atoms with E-state index >= 15 is 4.39 Å². The average Bonchev–Trinajstić information content (AvgIpc) is 4.00. The van der Waals surface area contributed by atoms with E-state index in [4.69, 9.17) is 24.4 Å². The number of aryl methyl sites for hydroxylation is 2. The number of pyridine rings is 2. The molecule has 2 saturated heterocycles. The highest BCUT2D eigenvalue weighted by Gasteiger charge is 2.46. The minimum absolute atomic E-state index is 0.00589. The summed E-state index contributed by atoms with van der Waals surface area (Å²) in [6.45, 7) is 9.61.